The maximum Gasteiger partial charge on any atom is 0.341 e. The highest BCUT2D eigenvalue weighted by Gasteiger charge is 2.38. The number of anilines is 3. The van der Waals surface area contributed by atoms with Gasteiger partial charge in [0.2, 0.25) is 0 Å². The lowest BCUT2D eigenvalue weighted by Crippen LogP contribution is -2.44. The number of methoxy groups -OCH3 is 1. The smallest absolute Gasteiger partial charge is 0.341 e. The van der Waals surface area contributed by atoms with Gasteiger partial charge in [-0.1, -0.05) is 0 Å². The van der Waals surface area contributed by atoms with Gasteiger partial charge in [-0.2, -0.15) is 5.26 Å². The van der Waals surface area contributed by atoms with Gasteiger partial charge in [-0.3, -0.25) is 0 Å². The van der Waals surface area contributed by atoms with Crippen LogP contribution in [0.5, 0.6) is 0 Å². The molecule has 4 rings (SSSR count). The average Bonchev–Trinajstić information content (AvgIpc) is 2.94. The second-order valence-electron chi connectivity index (χ2n) is 7.49. The molecule has 2 aliphatic rings. The molecule has 0 aliphatic carbocycles. The zero-order chi connectivity index (χ0) is 20.4. The summed E-state index contributed by atoms with van der Waals surface area (Å²) >= 11 is 0. The molecule has 2 aliphatic heterocycles. The van der Waals surface area contributed by atoms with Gasteiger partial charge >= 0.3 is 5.97 Å². The number of nitrogens with one attached hydrogen (secondary N) is 2. The fourth-order valence-corrected chi connectivity index (χ4v) is 4.25. The molecule has 4 heterocycles. The number of nitriles is 1. The first-order chi connectivity index (χ1) is 14.1. The summed E-state index contributed by atoms with van der Waals surface area (Å²) in [5.41, 5.74) is 1.32. The van der Waals surface area contributed by atoms with Gasteiger partial charge in [0.15, 0.2) is 5.69 Å². The molecule has 9 heteroatoms. The van der Waals surface area contributed by atoms with E-state index in [1.54, 1.807) is 6.07 Å². The molecule has 150 valence electrons. The van der Waals surface area contributed by atoms with Crippen LogP contribution in [0.4, 0.5) is 17.3 Å². The van der Waals surface area contributed by atoms with Gasteiger partial charge in [-0.05, 0) is 32.7 Å². The quantitative estimate of drug-likeness (QED) is 0.738. The first-order valence-electron chi connectivity index (χ1n) is 9.63. The van der Waals surface area contributed by atoms with Crippen molar-refractivity contribution in [2.75, 3.05) is 24.8 Å². The van der Waals surface area contributed by atoms with Crippen molar-refractivity contribution in [3.63, 3.8) is 0 Å². The summed E-state index contributed by atoms with van der Waals surface area (Å²) < 4.78 is 4.92. The van der Waals surface area contributed by atoms with Gasteiger partial charge in [0.25, 0.3) is 0 Å². The van der Waals surface area contributed by atoms with E-state index in [1.807, 2.05) is 6.07 Å². The van der Waals surface area contributed by atoms with Crippen LogP contribution in [-0.2, 0) is 4.74 Å². The van der Waals surface area contributed by atoms with Crippen molar-refractivity contribution >= 4 is 23.3 Å². The van der Waals surface area contributed by atoms with Crippen LogP contribution in [0.3, 0.4) is 0 Å². The number of carbonyl (C=O) groups excluding carboxylic acids is 1. The summed E-state index contributed by atoms with van der Waals surface area (Å²) in [7, 11) is 3.56. The first kappa shape index (κ1) is 19.1. The zero-order valence-corrected chi connectivity index (χ0v) is 16.4. The van der Waals surface area contributed by atoms with Crippen LogP contribution in [0.25, 0.3) is 0 Å². The molecule has 0 radical (unpaired) electrons. The number of carbonyl (C=O) groups is 1. The molecule has 29 heavy (non-hydrogen) atoms. The third-order valence-corrected chi connectivity index (χ3v) is 5.79. The number of hydrogen-bond donors (Lipinski definition) is 2. The third-order valence-electron chi connectivity index (χ3n) is 5.79. The fraction of sp³-hybridized carbons (Fsp3) is 0.450. The third kappa shape index (κ3) is 3.98. The summed E-state index contributed by atoms with van der Waals surface area (Å²) in [6.07, 6.45) is 8.89. The normalized spacial score (nSPS) is 23.3. The van der Waals surface area contributed by atoms with Crippen LogP contribution in [0.15, 0.2) is 24.7 Å². The summed E-state index contributed by atoms with van der Waals surface area (Å²) in [5.74, 6) is 0.557. The molecule has 9 nitrogen and oxygen atoms in total. The Morgan fingerprint density at radius 3 is 2.52 bits per heavy atom. The highest BCUT2D eigenvalue weighted by molar-refractivity contribution is 5.96. The molecular weight excluding hydrogens is 370 g/mol. The number of hydrogen-bond acceptors (Lipinski definition) is 9. The van der Waals surface area contributed by atoms with Crippen LogP contribution in [-0.4, -0.2) is 58.1 Å². The van der Waals surface area contributed by atoms with E-state index in [0.29, 0.717) is 35.0 Å². The largest absolute Gasteiger partial charge is 0.465 e. The van der Waals surface area contributed by atoms with E-state index in [2.05, 4.69) is 37.5 Å². The van der Waals surface area contributed by atoms with E-state index < -0.39 is 5.97 Å². The summed E-state index contributed by atoms with van der Waals surface area (Å²) in [6.45, 7) is 0. The van der Waals surface area contributed by atoms with Crippen LogP contribution < -0.4 is 10.6 Å². The van der Waals surface area contributed by atoms with Crippen molar-refractivity contribution in [2.24, 2.45) is 0 Å². The highest BCUT2D eigenvalue weighted by Crippen LogP contribution is 2.36. The van der Waals surface area contributed by atoms with Crippen LogP contribution >= 0.6 is 0 Å². The molecule has 0 amide bonds. The lowest BCUT2D eigenvalue weighted by Gasteiger charge is -2.37. The standard InChI is InChI=1S/C20H23N7O2/c1-27-14-3-4-15(27)6-12(5-14)25-17-7-18(24-10-16(17)20(28)29-2)26-19-11-22-13(8-21)9-23-19/h7,9-12,14-15H,3-6H2,1-2H3,(H2,23,24,25,26)/t12?,14-,15+. The summed E-state index contributed by atoms with van der Waals surface area (Å²) in [4.78, 5) is 27.1. The van der Waals surface area contributed by atoms with E-state index >= 15 is 0 Å². The maximum atomic E-state index is 12.2. The topological polar surface area (TPSA) is 116 Å². The van der Waals surface area contributed by atoms with Crippen LogP contribution in [0, 0.1) is 11.3 Å². The minimum Gasteiger partial charge on any atom is -0.465 e. The molecule has 1 unspecified atom stereocenters. The van der Waals surface area contributed by atoms with E-state index in [4.69, 9.17) is 10.00 Å². The average molecular weight is 393 g/mol. The predicted molar refractivity (Wildman–Crippen MR) is 107 cm³/mol. The van der Waals surface area contributed by atoms with Gasteiger partial charge in [0.1, 0.15) is 23.3 Å². The van der Waals surface area contributed by atoms with Crippen molar-refractivity contribution in [3.8, 4) is 6.07 Å². The molecule has 2 bridgehead atoms. The molecule has 0 spiro atoms. The number of piperidine rings is 1. The van der Waals surface area contributed by atoms with Crippen LogP contribution in [0.2, 0.25) is 0 Å². The van der Waals surface area contributed by atoms with Crippen LogP contribution in [0.1, 0.15) is 41.7 Å². The highest BCUT2D eigenvalue weighted by atomic mass is 16.5. The van der Waals surface area contributed by atoms with Crippen molar-refractivity contribution < 1.29 is 9.53 Å². The number of ether oxygens (including phenoxy) is 1. The molecule has 2 saturated heterocycles. The number of esters is 1. The van der Waals surface area contributed by atoms with Crippen molar-refractivity contribution in [3.05, 3.63) is 35.9 Å². The minimum atomic E-state index is -0.430. The second-order valence-corrected chi connectivity index (χ2v) is 7.49. The molecule has 2 aromatic heterocycles. The van der Waals surface area contributed by atoms with Crippen molar-refractivity contribution in [1.82, 2.24) is 19.9 Å². The Labute approximate surface area is 169 Å². The molecule has 0 aromatic carbocycles. The van der Waals surface area contributed by atoms with Gasteiger partial charge in [-0.25, -0.2) is 19.7 Å². The Hall–Kier alpha value is -3.25. The Morgan fingerprint density at radius 1 is 1.17 bits per heavy atom. The first-order valence-corrected chi connectivity index (χ1v) is 9.63. The fourth-order valence-electron chi connectivity index (χ4n) is 4.25. The number of aromatic nitrogens is 3. The summed E-state index contributed by atoms with van der Waals surface area (Å²) in [6, 6.07) is 5.17. The van der Waals surface area contributed by atoms with Crippen molar-refractivity contribution in [1.29, 1.82) is 5.26 Å². The van der Waals surface area contributed by atoms with E-state index in [9.17, 15) is 4.79 Å². The molecule has 0 saturated carbocycles. The molecule has 3 atom stereocenters. The van der Waals surface area contributed by atoms with Crippen molar-refractivity contribution in [2.45, 2.75) is 43.8 Å². The Bertz CT molecular complexity index is 927. The number of fused-ring (bicyclic) bond motifs is 2. The van der Waals surface area contributed by atoms with Gasteiger partial charge in [0.05, 0.1) is 25.2 Å². The number of nitrogens with zero attached hydrogens (tertiary/aromatic N) is 5. The Kier molecular flexibility index (Phi) is 5.27. The zero-order valence-electron chi connectivity index (χ0n) is 16.4. The Morgan fingerprint density at radius 2 is 1.90 bits per heavy atom. The second kappa shape index (κ2) is 8.01. The summed E-state index contributed by atoms with van der Waals surface area (Å²) in [5, 5.41) is 15.4. The Balaban J connectivity index is 1.55. The van der Waals surface area contributed by atoms with E-state index in [0.717, 1.165) is 12.8 Å². The van der Waals surface area contributed by atoms with Gasteiger partial charge in [0, 0.05) is 30.4 Å². The molecule has 2 aromatic rings. The predicted octanol–water partition coefficient (Wildman–Crippen LogP) is 2.31. The maximum absolute atomic E-state index is 12.2. The molecule has 2 fully saturated rings. The van der Waals surface area contributed by atoms with Gasteiger partial charge < -0.3 is 20.3 Å². The van der Waals surface area contributed by atoms with E-state index in [-0.39, 0.29) is 11.7 Å². The minimum absolute atomic E-state index is 0.240. The monoisotopic (exact) mass is 393 g/mol. The SMILES string of the molecule is COC(=O)c1cnc(Nc2cnc(C#N)cn2)cc1NC1C[C@H]2CC[C@@H](C1)N2C. The number of pyridine rings is 1. The lowest BCUT2D eigenvalue weighted by atomic mass is 9.97. The lowest BCUT2D eigenvalue weighted by molar-refractivity contribution is 0.0601. The van der Waals surface area contributed by atoms with Gasteiger partial charge in [-0.15, -0.1) is 0 Å². The van der Waals surface area contributed by atoms with E-state index in [1.165, 1.54) is 38.5 Å². The molecule has 2 N–H and O–H groups in total. The number of rotatable bonds is 5. The molecular formula is C20H23N7O2.